The maximum absolute atomic E-state index is 13.4. The maximum atomic E-state index is 13.4. The van der Waals surface area contributed by atoms with Crippen molar-refractivity contribution >= 4 is 17.5 Å². The number of ether oxygens (including phenoxy) is 1. The molecule has 0 radical (unpaired) electrons. The third-order valence-corrected chi connectivity index (χ3v) is 6.78. The third-order valence-electron chi connectivity index (χ3n) is 6.78. The number of hydrogen-bond acceptors (Lipinski definition) is 4. The van der Waals surface area contributed by atoms with Crippen LogP contribution in [0.3, 0.4) is 0 Å². The van der Waals surface area contributed by atoms with Crippen LogP contribution in [0.1, 0.15) is 34.7 Å². The minimum absolute atomic E-state index is 0.0394. The van der Waals surface area contributed by atoms with Crippen LogP contribution in [0, 0.1) is 5.92 Å². The van der Waals surface area contributed by atoms with Crippen LogP contribution in [-0.2, 0) is 9.53 Å². The summed E-state index contributed by atoms with van der Waals surface area (Å²) in [5, 5.41) is 10.1. The smallest absolute Gasteiger partial charge is 0.254 e. The molecule has 2 saturated heterocycles. The summed E-state index contributed by atoms with van der Waals surface area (Å²) in [4.78, 5) is 30.3. The predicted molar refractivity (Wildman–Crippen MR) is 112 cm³/mol. The highest BCUT2D eigenvalue weighted by Gasteiger charge is 2.55. The zero-order chi connectivity index (χ0) is 20.7. The quantitative estimate of drug-likeness (QED) is 0.850. The second-order valence-corrected chi connectivity index (χ2v) is 8.32. The number of aliphatic hydroxyl groups excluding tert-OH is 1. The number of amides is 2. The van der Waals surface area contributed by atoms with Gasteiger partial charge < -0.3 is 19.6 Å². The molecule has 3 atom stereocenters. The van der Waals surface area contributed by atoms with Gasteiger partial charge in [-0.2, -0.15) is 0 Å². The van der Waals surface area contributed by atoms with Crippen LogP contribution < -0.4 is 4.90 Å². The Kier molecular flexibility index (Phi) is 5.05. The van der Waals surface area contributed by atoms with Crippen LogP contribution in [-0.4, -0.2) is 60.3 Å². The molecule has 1 N–H and O–H groups in total. The van der Waals surface area contributed by atoms with Crippen molar-refractivity contribution in [2.45, 2.75) is 30.8 Å². The molecular weight excluding hydrogens is 380 g/mol. The molecule has 2 aromatic carbocycles. The number of likely N-dealkylation sites (tertiary alicyclic amines) is 1. The standard InChI is InChI=1S/C24H26N2O4/c27-15-21-22-18-8-4-5-9-19(18)25(23(28)17-10-12-30-13-11-17)14-20(22)26(21)24(29)16-6-2-1-3-7-16/h1-9,17,20-22,27H,10-15H2/t20-,21+,22+/m1/s1. The first kappa shape index (κ1) is 19.3. The number of carbonyl (C=O) groups is 2. The molecule has 0 aromatic heterocycles. The van der Waals surface area contributed by atoms with Gasteiger partial charge in [0.05, 0.1) is 18.7 Å². The summed E-state index contributed by atoms with van der Waals surface area (Å²) in [5.74, 6) is 0.0189. The van der Waals surface area contributed by atoms with Gasteiger partial charge in [-0.25, -0.2) is 0 Å². The van der Waals surface area contributed by atoms with Crippen LogP contribution >= 0.6 is 0 Å². The molecule has 156 valence electrons. The number of benzene rings is 2. The number of fused-ring (bicyclic) bond motifs is 3. The maximum Gasteiger partial charge on any atom is 0.254 e. The fourth-order valence-electron chi connectivity index (χ4n) is 5.27. The Bertz CT molecular complexity index is 941. The molecule has 6 nitrogen and oxygen atoms in total. The van der Waals surface area contributed by atoms with E-state index in [2.05, 4.69) is 0 Å². The number of para-hydroxylation sites is 1. The van der Waals surface area contributed by atoms with E-state index in [0.717, 1.165) is 24.1 Å². The number of rotatable bonds is 3. The van der Waals surface area contributed by atoms with Crippen molar-refractivity contribution in [3.05, 3.63) is 65.7 Å². The minimum atomic E-state index is -0.274. The molecule has 0 spiro atoms. The van der Waals surface area contributed by atoms with E-state index in [1.807, 2.05) is 47.4 Å². The molecule has 0 saturated carbocycles. The van der Waals surface area contributed by atoms with E-state index in [4.69, 9.17) is 4.74 Å². The van der Waals surface area contributed by atoms with Crippen molar-refractivity contribution in [3.8, 4) is 0 Å². The highest BCUT2D eigenvalue weighted by Crippen LogP contribution is 2.49. The van der Waals surface area contributed by atoms with Crippen molar-refractivity contribution < 1.29 is 19.4 Å². The number of anilines is 1. The largest absolute Gasteiger partial charge is 0.394 e. The Morgan fingerprint density at radius 3 is 2.43 bits per heavy atom. The van der Waals surface area contributed by atoms with E-state index in [9.17, 15) is 14.7 Å². The van der Waals surface area contributed by atoms with Gasteiger partial charge in [-0.1, -0.05) is 36.4 Å². The molecule has 3 aliphatic heterocycles. The number of hydrogen-bond donors (Lipinski definition) is 1. The Morgan fingerprint density at radius 2 is 1.70 bits per heavy atom. The van der Waals surface area contributed by atoms with E-state index < -0.39 is 0 Å². The third kappa shape index (κ3) is 3.02. The van der Waals surface area contributed by atoms with Crippen molar-refractivity contribution in [2.75, 3.05) is 31.3 Å². The normalized spacial score (nSPS) is 25.8. The first-order valence-electron chi connectivity index (χ1n) is 10.7. The predicted octanol–water partition coefficient (Wildman–Crippen LogP) is 2.43. The summed E-state index contributed by atoms with van der Waals surface area (Å²) in [7, 11) is 0. The molecule has 2 fully saturated rings. The van der Waals surface area contributed by atoms with Gasteiger partial charge in [0.25, 0.3) is 5.91 Å². The van der Waals surface area contributed by atoms with Crippen molar-refractivity contribution in [3.63, 3.8) is 0 Å². The van der Waals surface area contributed by atoms with Gasteiger partial charge in [0, 0.05) is 42.8 Å². The second kappa shape index (κ2) is 7.85. The molecule has 30 heavy (non-hydrogen) atoms. The zero-order valence-corrected chi connectivity index (χ0v) is 16.8. The molecule has 0 aliphatic carbocycles. The van der Waals surface area contributed by atoms with E-state index in [0.29, 0.717) is 25.3 Å². The molecule has 0 bridgehead atoms. The number of carbonyl (C=O) groups excluding carboxylic acids is 2. The Balaban J connectivity index is 1.49. The van der Waals surface area contributed by atoms with Crippen LogP contribution in [0.2, 0.25) is 0 Å². The van der Waals surface area contributed by atoms with Crippen LogP contribution in [0.25, 0.3) is 0 Å². The van der Waals surface area contributed by atoms with E-state index in [-0.39, 0.29) is 42.3 Å². The first-order chi connectivity index (χ1) is 14.7. The Labute approximate surface area is 176 Å². The summed E-state index contributed by atoms with van der Waals surface area (Å²) in [6.07, 6.45) is 1.47. The van der Waals surface area contributed by atoms with Crippen molar-refractivity contribution in [2.24, 2.45) is 5.92 Å². The lowest BCUT2D eigenvalue weighted by Crippen LogP contribution is -2.71. The van der Waals surface area contributed by atoms with Crippen LogP contribution in [0.5, 0.6) is 0 Å². The van der Waals surface area contributed by atoms with Gasteiger partial charge in [0.15, 0.2) is 0 Å². The first-order valence-corrected chi connectivity index (χ1v) is 10.7. The number of aliphatic hydroxyl groups is 1. The fourth-order valence-corrected chi connectivity index (χ4v) is 5.27. The fraction of sp³-hybridized carbons (Fsp3) is 0.417. The van der Waals surface area contributed by atoms with Crippen LogP contribution in [0.15, 0.2) is 54.6 Å². The molecule has 6 heteroatoms. The molecule has 2 aromatic rings. The van der Waals surface area contributed by atoms with E-state index in [1.165, 1.54) is 0 Å². The zero-order valence-electron chi connectivity index (χ0n) is 16.8. The van der Waals surface area contributed by atoms with E-state index >= 15 is 0 Å². The van der Waals surface area contributed by atoms with Gasteiger partial charge in [0.1, 0.15) is 0 Å². The molecule has 3 heterocycles. The highest BCUT2D eigenvalue weighted by molar-refractivity contribution is 5.99. The van der Waals surface area contributed by atoms with E-state index in [1.54, 1.807) is 17.0 Å². The number of nitrogens with zero attached hydrogens (tertiary/aromatic N) is 2. The van der Waals surface area contributed by atoms with Gasteiger partial charge in [-0.05, 0) is 36.6 Å². The van der Waals surface area contributed by atoms with Gasteiger partial charge >= 0.3 is 0 Å². The Morgan fingerprint density at radius 1 is 1.00 bits per heavy atom. The minimum Gasteiger partial charge on any atom is -0.394 e. The topological polar surface area (TPSA) is 70.1 Å². The molecule has 5 rings (SSSR count). The highest BCUT2D eigenvalue weighted by atomic mass is 16.5. The van der Waals surface area contributed by atoms with Gasteiger partial charge in [-0.3, -0.25) is 9.59 Å². The summed E-state index contributed by atoms with van der Waals surface area (Å²) in [6.45, 7) is 1.60. The van der Waals surface area contributed by atoms with Gasteiger partial charge in [-0.15, -0.1) is 0 Å². The van der Waals surface area contributed by atoms with Crippen molar-refractivity contribution in [1.29, 1.82) is 0 Å². The SMILES string of the molecule is O=C(C1CCOCC1)N1C[C@@H]2[C@H](c3ccccc31)[C@H](CO)N2C(=O)c1ccccc1. The summed E-state index contributed by atoms with van der Waals surface area (Å²) >= 11 is 0. The lowest BCUT2D eigenvalue weighted by molar-refractivity contribution is -0.126. The van der Waals surface area contributed by atoms with Gasteiger partial charge in [0.2, 0.25) is 5.91 Å². The molecular formula is C24H26N2O4. The monoisotopic (exact) mass is 406 g/mol. The summed E-state index contributed by atoms with van der Waals surface area (Å²) in [5.41, 5.74) is 2.57. The summed E-state index contributed by atoms with van der Waals surface area (Å²) in [6, 6.07) is 16.7. The lowest BCUT2D eigenvalue weighted by Gasteiger charge is -2.59. The van der Waals surface area contributed by atoms with Crippen molar-refractivity contribution in [1.82, 2.24) is 4.90 Å². The molecule has 2 amide bonds. The van der Waals surface area contributed by atoms with Crippen LogP contribution in [0.4, 0.5) is 5.69 Å². The average Bonchev–Trinajstić information content (AvgIpc) is 2.80. The molecule has 3 aliphatic rings. The second-order valence-electron chi connectivity index (χ2n) is 8.32. The Hall–Kier alpha value is -2.70. The lowest BCUT2D eigenvalue weighted by atomic mass is 9.71. The summed E-state index contributed by atoms with van der Waals surface area (Å²) < 4.78 is 5.43. The molecule has 0 unspecified atom stereocenters. The average molecular weight is 406 g/mol.